The molecule has 0 unspecified atom stereocenters. The normalized spacial score (nSPS) is 13.6. The number of fused-ring (bicyclic) bond motifs is 3. The Kier molecular flexibility index (Phi) is 6.04. The van der Waals surface area contributed by atoms with Crippen molar-refractivity contribution in [2.24, 2.45) is 0 Å². The van der Waals surface area contributed by atoms with Crippen molar-refractivity contribution in [3.8, 4) is 73.2 Å². The van der Waals surface area contributed by atoms with Crippen molar-refractivity contribution >= 4 is 21.8 Å². The van der Waals surface area contributed by atoms with Crippen molar-refractivity contribution in [1.82, 2.24) is 19.5 Å². The van der Waals surface area contributed by atoms with Crippen LogP contribution in [0.2, 0.25) is 0 Å². The smallest absolute Gasteiger partial charge is 0.166 e. The van der Waals surface area contributed by atoms with Crippen LogP contribution in [0, 0.1) is 0 Å². The first-order valence-corrected chi connectivity index (χ1v) is 17.8. The highest BCUT2D eigenvalue weighted by atomic mass is 15.1. The van der Waals surface area contributed by atoms with Gasteiger partial charge in [-0.3, -0.25) is 0 Å². The van der Waals surface area contributed by atoms with Gasteiger partial charge < -0.3 is 4.57 Å². The van der Waals surface area contributed by atoms with Crippen LogP contribution in [-0.2, 0) is 0 Å². The third-order valence-electron chi connectivity index (χ3n) is 9.69. The molecule has 2 aromatic heterocycles. The highest BCUT2D eigenvalue weighted by Gasteiger charge is 2.21. The average molecular weight is 712 g/mol. The molecule has 0 aliphatic rings. The number of rotatable bonds is 7. The molecule has 2 heterocycles. The molecule has 0 radical (unpaired) electrons. The van der Waals surface area contributed by atoms with Crippen molar-refractivity contribution in [3.63, 3.8) is 0 Å². The molecule has 0 N–H and O–H groups in total. The summed E-state index contributed by atoms with van der Waals surface area (Å²) in [6, 6.07) is 44.7. The summed E-state index contributed by atoms with van der Waals surface area (Å²) in [5, 5.41) is 0.595. The van der Waals surface area contributed by atoms with Crippen molar-refractivity contribution in [2.45, 2.75) is 0 Å². The zero-order chi connectivity index (χ0) is 44.4. The summed E-state index contributed by atoms with van der Waals surface area (Å²) in [5.74, 6) is 1.17. The third kappa shape index (κ3) is 6.06. The summed E-state index contributed by atoms with van der Waals surface area (Å²) in [5.41, 5.74) is 7.40. The number of aromatic nitrogens is 4. The van der Waals surface area contributed by atoms with E-state index in [1.165, 1.54) is 0 Å². The third-order valence-corrected chi connectivity index (χ3v) is 9.69. The first kappa shape index (κ1) is 24.0. The maximum Gasteiger partial charge on any atom is 0.166 e. The average Bonchev–Trinajstić information content (AvgIpc) is 3.69. The molecule has 8 aromatic carbocycles. The molecule has 0 aliphatic carbocycles. The molecule has 0 spiro atoms. The summed E-state index contributed by atoms with van der Waals surface area (Å²) < 4.78 is 80.2. The maximum absolute atomic E-state index is 9.36. The lowest BCUT2D eigenvalue weighted by molar-refractivity contribution is 1.06. The lowest BCUT2D eigenvalue weighted by Crippen LogP contribution is -2.04. The highest BCUT2D eigenvalue weighted by Crippen LogP contribution is 2.39. The Hall–Kier alpha value is -7.43. The van der Waals surface area contributed by atoms with E-state index in [0.717, 1.165) is 33.4 Å². The molecule has 0 atom stereocenters. The quantitative estimate of drug-likeness (QED) is 0.165. The van der Waals surface area contributed by atoms with Crippen LogP contribution in [0.25, 0.3) is 95.0 Å². The van der Waals surface area contributed by atoms with E-state index in [0.29, 0.717) is 45.2 Å². The van der Waals surface area contributed by atoms with Gasteiger partial charge in [0, 0.05) is 27.5 Å². The Bertz CT molecular complexity index is 3440. The molecule has 10 rings (SSSR count). The zero-order valence-corrected chi connectivity index (χ0v) is 29.2. The van der Waals surface area contributed by atoms with E-state index < -0.39 is 30.2 Å². The van der Waals surface area contributed by atoms with Crippen LogP contribution in [0.4, 0.5) is 0 Å². The molecule has 258 valence electrons. The number of benzene rings is 8. The van der Waals surface area contributed by atoms with E-state index in [-0.39, 0.29) is 40.6 Å². The summed E-state index contributed by atoms with van der Waals surface area (Å²) in [4.78, 5) is 15.3. The van der Waals surface area contributed by atoms with Gasteiger partial charge in [0.15, 0.2) is 17.5 Å². The van der Waals surface area contributed by atoms with Crippen LogP contribution in [0.1, 0.15) is 12.3 Å². The van der Waals surface area contributed by atoms with Crippen LogP contribution < -0.4 is 0 Å². The Balaban J connectivity index is 1.28. The van der Waals surface area contributed by atoms with Gasteiger partial charge in [0.05, 0.1) is 29.1 Å². The van der Waals surface area contributed by atoms with Crippen molar-refractivity contribution in [1.29, 1.82) is 0 Å². The number of para-hydroxylation sites is 1. The fourth-order valence-electron chi connectivity index (χ4n) is 7.02. The van der Waals surface area contributed by atoms with Gasteiger partial charge in [0.2, 0.25) is 0 Å². The maximum atomic E-state index is 9.36. The summed E-state index contributed by atoms with van der Waals surface area (Å²) in [6.45, 7) is 0. The lowest BCUT2D eigenvalue weighted by Gasteiger charge is -2.16. The molecule has 4 nitrogen and oxygen atoms in total. The van der Waals surface area contributed by atoms with E-state index in [2.05, 4.69) is 12.1 Å². The second kappa shape index (κ2) is 13.8. The summed E-state index contributed by atoms with van der Waals surface area (Å²) in [7, 11) is 0. The fourth-order valence-corrected chi connectivity index (χ4v) is 7.02. The number of hydrogen-bond acceptors (Lipinski definition) is 3. The zero-order valence-electron chi connectivity index (χ0n) is 38.2. The lowest BCUT2D eigenvalue weighted by atomic mass is 10.0. The Morgan fingerprint density at radius 3 is 1.53 bits per heavy atom. The molecule has 0 amide bonds. The second-order valence-corrected chi connectivity index (χ2v) is 13.0. The van der Waals surface area contributed by atoms with Crippen LogP contribution in [-0.4, -0.2) is 19.5 Å². The molecule has 0 saturated heterocycles. The molecule has 0 aliphatic heterocycles. The van der Waals surface area contributed by atoms with Crippen molar-refractivity contribution < 1.29 is 12.3 Å². The largest absolute Gasteiger partial charge is 0.309 e. The molecule has 0 fully saturated rings. The minimum absolute atomic E-state index is 0.0227. The number of nitrogens with zero attached hydrogens (tertiary/aromatic N) is 4. The van der Waals surface area contributed by atoms with Gasteiger partial charge in [0.1, 0.15) is 0 Å². The van der Waals surface area contributed by atoms with Gasteiger partial charge in [-0.1, -0.05) is 176 Å². The van der Waals surface area contributed by atoms with Crippen LogP contribution in [0.15, 0.2) is 206 Å². The van der Waals surface area contributed by atoms with Gasteiger partial charge >= 0.3 is 0 Å². The molecular formula is C51H34N4. The van der Waals surface area contributed by atoms with Crippen molar-refractivity contribution in [2.75, 3.05) is 0 Å². The van der Waals surface area contributed by atoms with Crippen LogP contribution in [0.3, 0.4) is 0 Å². The molecule has 4 heteroatoms. The Morgan fingerprint density at radius 1 is 0.345 bits per heavy atom. The summed E-state index contributed by atoms with van der Waals surface area (Å²) >= 11 is 0. The molecule has 0 saturated carbocycles. The van der Waals surface area contributed by atoms with Gasteiger partial charge in [-0.15, -0.1) is 0 Å². The van der Waals surface area contributed by atoms with E-state index >= 15 is 0 Å². The minimum atomic E-state index is -0.516. The Morgan fingerprint density at radius 2 is 0.836 bits per heavy atom. The Labute approximate surface area is 332 Å². The molecule has 10 aromatic rings. The van der Waals surface area contributed by atoms with E-state index in [1.807, 2.05) is 121 Å². The van der Waals surface area contributed by atoms with Gasteiger partial charge in [-0.05, 0) is 63.7 Å². The monoisotopic (exact) mass is 711 g/mol. The standard InChI is InChI=1S/C51H34N4/c1-5-15-35(16-6-1)38-25-27-40(28-26-38)50-52-49(39-21-11-4-12-22-39)53-51(54-50)45-34-42(37-19-9-3-10-20-37)30-32-48(45)55-46-24-14-13-23-43(46)44-33-41(29-31-47(44)55)36-17-7-2-8-18-36/h1-34H/i2D,7D,8D,13D,14D,17D,18D,23D,24D. The van der Waals surface area contributed by atoms with Crippen LogP contribution >= 0.6 is 0 Å². The predicted octanol–water partition coefficient (Wildman–Crippen LogP) is 13.0. The molecular weight excluding hydrogens is 669 g/mol. The SMILES string of the molecule is [2H]c1c([2H])c([2H])c(-c2ccc3c(c2)c2c([2H])c([2H])c([2H])c([2H])c2n3-c2ccc(-c3ccccc3)cc2-c2nc(-c3ccccc3)nc(-c3ccc(-c4ccccc4)cc3)n2)c([2H])c1[2H]. The fraction of sp³-hybridized carbons (Fsp3) is 0. The van der Waals surface area contributed by atoms with Gasteiger partial charge in [-0.25, -0.2) is 15.0 Å². The van der Waals surface area contributed by atoms with Crippen molar-refractivity contribution in [3.05, 3.63) is 206 Å². The van der Waals surface area contributed by atoms with E-state index in [1.54, 1.807) is 22.8 Å². The highest BCUT2D eigenvalue weighted by molar-refractivity contribution is 6.11. The second-order valence-electron chi connectivity index (χ2n) is 13.0. The predicted molar refractivity (Wildman–Crippen MR) is 227 cm³/mol. The van der Waals surface area contributed by atoms with Crippen LogP contribution in [0.5, 0.6) is 0 Å². The molecule has 55 heavy (non-hydrogen) atoms. The van der Waals surface area contributed by atoms with Gasteiger partial charge in [0.25, 0.3) is 0 Å². The van der Waals surface area contributed by atoms with Gasteiger partial charge in [-0.2, -0.15) is 0 Å². The topological polar surface area (TPSA) is 43.6 Å². The minimum Gasteiger partial charge on any atom is -0.309 e. The van der Waals surface area contributed by atoms with E-state index in [4.69, 9.17) is 24.5 Å². The first-order valence-electron chi connectivity index (χ1n) is 22.3. The van der Waals surface area contributed by atoms with E-state index in [9.17, 15) is 2.74 Å². The number of hydrogen-bond donors (Lipinski definition) is 0. The first-order chi connectivity index (χ1) is 31.0. The molecule has 0 bridgehead atoms. The summed E-state index contributed by atoms with van der Waals surface area (Å²) in [6.07, 6.45) is 0.